The van der Waals surface area contributed by atoms with Crippen LogP contribution in [0.15, 0.2) is 59.8 Å². The molecule has 1 aliphatic rings. The minimum Gasteiger partial charge on any atom is -0.355 e. The van der Waals surface area contributed by atoms with Crippen LogP contribution in [0.4, 0.5) is 5.82 Å². The molecule has 2 aromatic heterocycles. The van der Waals surface area contributed by atoms with Crippen molar-refractivity contribution in [2.45, 2.75) is 30.7 Å². The smallest absolute Gasteiger partial charge is 0.175 e. The lowest BCUT2D eigenvalue weighted by Crippen LogP contribution is -2.35. The summed E-state index contributed by atoms with van der Waals surface area (Å²) in [6.45, 7) is 3.73. The largest absolute Gasteiger partial charge is 0.355 e. The number of aryl methyl sites for hydroxylation is 1. The molecule has 0 aliphatic carbocycles. The van der Waals surface area contributed by atoms with Gasteiger partial charge in [0, 0.05) is 19.3 Å². The highest BCUT2D eigenvalue weighted by atomic mass is 32.2. The van der Waals surface area contributed by atoms with Gasteiger partial charge in [0.1, 0.15) is 11.3 Å². The predicted octanol–water partition coefficient (Wildman–Crippen LogP) is 3.44. The van der Waals surface area contributed by atoms with Crippen LogP contribution in [-0.4, -0.2) is 52.7 Å². The number of sulfone groups is 1. The van der Waals surface area contributed by atoms with Gasteiger partial charge >= 0.3 is 0 Å². The van der Waals surface area contributed by atoms with Crippen LogP contribution in [0.25, 0.3) is 22.2 Å². The SMILES string of the molecule is Cc1cnc(N2CCC(n3nnc4cc(-c5ccc(S(C)(=O)=O)cc5)ccc43)CC2)cn1. The second kappa shape index (κ2) is 7.98. The summed E-state index contributed by atoms with van der Waals surface area (Å²) in [6.07, 6.45) is 6.78. The molecule has 0 saturated carbocycles. The van der Waals surface area contributed by atoms with Crippen molar-refractivity contribution >= 4 is 26.7 Å². The molecule has 1 aliphatic heterocycles. The van der Waals surface area contributed by atoms with Gasteiger partial charge in [0.15, 0.2) is 9.84 Å². The molecule has 0 bridgehead atoms. The predicted molar refractivity (Wildman–Crippen MR) is 123 cm³/mol. The third-order valence-corrected chi connectivity index (χ3v) is 7.12. The molecule has 164 valence electrons. The van der Waals surface area contributed by atoms with Crippen LogP contribution >= 0.6 is 0 Å². The fourth-order valence-electron chi connectivity index (χ4n) is 4.17. The van der Waals surface area contributed by atoms with Crippen LogP contribution in [0.3, 0.4) is 0 Å². The number of piperidine rings is 1. The number of rotatable bonds is 4. The topological polar surface area (TPSA) is 93.9 Å². The van der Waals surface area contributed by atoms with Crippen LogP contribution in [-0.2, 0) is 9.84 Å². The molecule has 2 aromatic carbocycles. The highest BCUT2D eigenvalue weighted by Crippen LogP contribution is 2.29. The summed E-state index contributed by atoms with van der Waals surface area (Å²) in [6, 6.07) is 13.3. The van der Waals surface area contributed by atoms with E-state index in [4.69, 9.17) is 0 Å². The van der Waals surface area contributed by atoms with Crippen molar-refractivity contribution in [3.05, 3.63) is 60.6 Å². The first-order chi connectivity index (χ1) is 15.4. The van der Waals surface area contributed by atoms with E-state index in [1.807, 2.05) is 48.1 Å². The molecule has 0 radical (unpaired) electrons. The van der Waals surface area contributed by atoms with Gasteiger partial charge < -0.3 is 4.90 Å². The van der Waals surface area contributed by atoms with Crippen molar-refractivity contribution in [3.8, 4) is 11.1 Å². The van der Waals surface area contributed by atoms with Crippen molar-refractivity contribution < 1.29 is 8.42 Å². The summed E-state index contributed by atoms with van der Waals surface area (Å²) in [5.41, 5.74) is 4.69. The lowest BCUT2D eigenvalue weighted by molar-refractivity contribution is 0.368. The summed E-state index contributed by atoms with van der Waals surface area (Å²) in [5.74, 6) is 0.920. The average molecular weight is 449 g/mol. The zero-order chi connectivity index (χ0) is 22.3. The standard InChI is InChI=1S/C23H24N6O2S/c1-16-14-25-23(15-24-16)28-11-9-19(10-12-28)29-22-8-5-18(13-21(22)26-27-29)17-3-6-20(7-4-17)32(2,30)31/h3-8,13-15,19H,9-12H2,1-2H3. The van der Waals surface area contributed by atoms with Crippen LogP contribution in [0.1, 0.15) is 24.6 Å². The van der Waals surface area contributed by atoms with Gasteiger partial charge in [-0.2, -0.15) is 0 Å². The minimum atomic E-state index is -3.21. The van der Waals surface area contributed by atoms with E-state index in [1.165, 1.54) is 6.26 Å². The van der Waals surface area contributed by atoms with Crippen molar-refractivity contribution in [1.29, 1.82) is 0 Å². The Morgan fingerprint density at radius 2 is 1.66 bits per heavy atom. The van der Waals surface area contributed by atoms with Gasteiger partial charge in [0.2, 0.25) is 0 Å². The summed E-state index contributed by atoms with van der Waals surface area (Å²) in [4.78, 5) is 11.4. The fraction of sp³-hybridized carbons (Fsp3) is 0.304. The lowest BCUT2D eigenvalue weighted by atomic mass is 10.0. The molecule has 0 amide bonds. The Labute approximate surface area is 186 Å². The number of aromatic nitrogens is 5. The first-order valence-electron chi connectivity index (χ1n) is 10.6. The zero-order valence-electron chi connectivity index (χ0n) is 18.0. The Balaban J connectivity index is 1.34. The molecule has 5 rings (SSSR count). The van der Waals surface area contributed by atoms with Gasteiger partial charge in [-0.1, -0.05) is 23.4 Å². The fourth-order valence-corrected chi connectivity index (χ4v) is 4.80. The molecule has 0 unspecified atom stereocenters. The molecule has 4 aromatic rings. The van der Waals surface area contributed by atoms with Crippen molar-refractivity contribution in [2.24, 2.45) is 0 Å². The summed E-state index contributed by atoms with van der Waals surface area (Å²) in [5, 5.41) is 8.86. The number of hydrogen-bond donors (Lipinski definition) is 0. The van der Waals surface area contributed by atoms with Crippen LogP contribution < -0.4 is 4.90 Å². The molecular weight excluding hydrogens is 424 g/mol. The summed E-state index contributed by atoms with van der Waals surface area (Å²) in [7, 11) is -3.21. The third kappa shape index (κ3) is 3.95. The maximum absolute atomic E-state index is 11.7. The Morgan fingerprint density at radius 3 is 2.31 bits per heavy atom. The summed E-state index contributed by atoms with van der Waals surface area (Å²) < 4.78 is 25.4. The van der Waals surface area contributed by atoms with E-state index in [9.17, 15) is 8.42 Å². The summed E-state index contributed by atoms with van der Waals surface area (Å²) >= 11 is 0. The molecule has 9 heteroatoms. The average Bonchev–Trinajstić information content (AvgIpc) is 3.22. The first kappa shape index (κ1) is 20.6. The van der Waals surface area contributed by atoms with E-state index < -0.39 is 9.84 Å². The van der Waals surface area contributed by atoms with E-state index in [1.54, 1.807) is 18.3 Å². The Morgan fingerprint density at radius 1 is 0.938 bits per heavy atom. The number of benzene rings is 2. The highest BCUT2D eigenvalue weighted by Gasteiger charge is 2.24. The molecule has 0 spiro atoms. The third-order valence-electron chi connectivity index (χ3n) is 5.99. The van der Waals surface area contributed by atoms with Crippen LogP contribution in [0.5, 0.6) is 0 Å². The Kier molecular flexibility index (Phi) is 5.13. The van der Waals surface area contributed by atoms with Crippen LogP contribution in [0.2, 0.25) is 0 Å². The molecule has 3 heterocycles. The van der Waals surface area contributed by atoms with Gasteiger partial charge in [-0.25, -0.2) is 18.1 Å². The molecule has 1 saturated heterocycles. The number of fused-ring (bicyclic) bond motifs is 1. The van der Waals surface area contributed by atoms with Crippen molar-refractivity contribution in [1.82, 2.24) is 25.0 Å². The lowest BCUT2D eigenvalue weighted by Gasteiger charge is -2.32. The van der Waals surface area contributed by atoms with Gasteiger partial charge in [-0.15, -0.1) is 5.10 Å². The van der Waals surface area contributed by atoms with E-state index in [0.29, 0.717) is 4.90 Å². The Bertz CT molecular complexity index is 1360. The molecule has 32 heavy (non-hydrogen) atoms. The van der Waals surface area contributed by atoms with Gasteiger partial charge in [-0.05, 0) is 55.2 Å². The van der Waals surface area contributed by atoms with Gasteiger partial charge in [0.05, 0.1) is 34.5 Å². The monoisotopic (exact) mass is 448 g/mol. The van der Waals surface area contributed by atoms with E-state index in [0.717, 1.165) is 59.6 Å². The first-order valence-corrected chi connectivity index (χ1v) is 12.5. The maximum atomic E-state index is 11.7. The zero-order valence-corrected chi connectivity index (χ0v) is 18.8. The quantitative estimate of drug-likeness (QED) is 0.472. The normalized spacial score (nSPS) is 15.4. The molecular formula is C23H24N6O2S. The minimum absolute atomic E-state index is 0.287. The van der Waals surface area contributed by atoms with Crippen molar-refractivity contribution in [3.63, 3.8) is 0 Å². The van der Waals surface area contributed by atoms with Gasteiger partial charge in [-0.3, -0.25) is 4.98 Å². The molecule has 0 N–H and O–H groups in total. The van der Waals surface area contributed by atoms with E-state index in [2.05, 4.69) is 25.2 Å². The number of nitrogens with zero attached hydrogens (tertiary/aromatic N) is 6. The second-order valence-electron chi connectivity index (χ2n) is 8.27. The van der Waals surface area contributed by atoms with Crippen molar-refractivity contribution in [2.75, 3.05) is 24.2 Å². The number of hydrogen-bond acceptors (Lipinski definition) is 7. The Hall–Kier alpha value is -3.33. The maximum Gasteiger partial charge on any atom is 0.175 e. The highest BCUT2D eigenvalue weighted by molar-refractivity contribution is 7.90. The second-order valence-corrected chi connectivity index (χ2v) is 10.3. The molecule has 8 nitrogen and oxygen atoms in total. The van der Waals surface area contributed by atoms with E-state index >= 15 is 0 Å². The molecule has 1 fully saturated rings. The number of anilines is 1. The van der Waals surface area contributed by atoms with Gasteiger partial charge in [0.25, 0.3) is 0 Å². The molecule has 0 atom stereocenters. The van der Waals surface area contributed by atoms with E-state index in [-0.39, 0.29) is 6.04 Å². The van der Waals surface area contributed by atoms with Crippen LogP contribution in [0, 0.1) is 6.92 Å².